The zero-order chi connectivity index (χ0) is 29.9. The Labute approximate surface area is 262 Å². The number of rotatable bonds is 3. The van der Waals surface area contributed by atoms with Gasteiger partial charge >= 0.3 is 0 Å². The fraction of sp³-hybridized carbons (Fsp3) is 0.119. The third-order valence-corrected chi connectivity index (χ3v) is 9.75. The van der Waals surface area contributed by atoms with Gasteiger partial charge in [-0.25, -0.2) is 4.98 Å². The molecule has 1 aliphatic carbocycles. The van der Waals surface area contributed by atoms with Crippen molar-refractivity contribution in [2.45, 2.75) is 25.7 Å². The van der Waals surface area contributed by atoms with Gasteiger partial charge in [-0.1, -0.05) is 116 Å². The SMILES string of the molecule is CC1Cc2ccc3c(ccc4c(-c5cc6ccccc6c(-c6cccnn6)n5)cccc43)c2C(c2ccc3ccccc3c2)C1. The van der Waals surface area contributed by atoms with Crippen LogP contribution in [-0.4, -0.2) is 15.2 Å². The minimum atomic E-state index is 0.370. The Balaban J connectivity index is 1.25. The van der Waals surface area contributed by atoms with E-state index >= 15 is 0 Å². The number of benzene rings is 6. The summed E-state index contributed by atoms with van der Waals surface area (Å²) in [6.45, 7) is 2.40. The van der Waals surface area contributed by atoms with Gasteiger partial charge in [-0.15, -0.1) is 5.10 Å². The molecule has 1 aliphatic rings. The normalized spacial score (nSPS) is 16.4. The lowest BCUT2D eigenvalue weighted by Crippen LogP contribution is -2.18. The smallest absolute Gasteiger partial charge is 0.112 e. The fourth-order valence-electron chi connectivity index (χ4n) is 7.72. The molecule has 2 atom stereocenters. The second-order valence-electron chi connectivity index (χ2n) is 12.6. The van der Waals surface area contributed by atoms with Crippen LogP contribution in [0.1, 0.15) is 36.0 Å². The van der Waals surface area contributed by atoms with E-state index in [-0.39, 0.29) is 0 Å². The van der Waals surface area contributed by atoms with Gasteiger partial charge in [0.25, 0.3) is 0 Å². The third kappa shape index (κ3) is 4.30. The van der Waals surface area contributed by atoms with Crippen molar-refractivity contribution >= 4 is 43.1 Å². The molecule has 0 saturated carbocycles. The average molecular weight is 578 g/mol. The number of pyridine rings is 1. The monoisotopic (exact) mass is 577 g/mol. The number of hydrogen-bond acceptors (Lipinski definition) is 3. The first-order valence-corrected chi connectivity index (χ1v) is 15.9. The number of nitrogens with zero attached hydrogens (tertiary/aromatic N) is 3. The summed E-state index contributed by atoms with van der Waals surface area (Å²) in [5, 5.41) is 18.5. The maximum absolute atomic E-state index is 5.22. The van der Waals surface area contributed by atoms with E-state index in [9.17, 15) is 0 Å². The second kappa shape index (κ2) is 10.3. The first kappa shape index (κ1) is 26.0. The fourth-order valence-corrected chi connectivity index (χ4v) is 7.72. The van der Waals surface area contributed by atoms with Gasteiger partial charge in [-0.3, -0.25) is 0 Å². The molecule has 0 radical (unpaired) electrons. The molecule has 2 unspecified atom stereocenters. The largest absolute Gasteiger partial charge is 0.245 e. The van der Waals surface area contributed by atoms with Crippen LogP contribution in [0.5, 0.6) is 0 Å². The average Bonchev–Trinajstić information content (AvgIpc) is 3.10. The summed E-state index contributed by atoms with van der Waals surface area (Å²) in [6, 6.07) is 46.4. The van der Waals surface area contributed by atoms with Crippen molar-refractivity contribution in [3.63, 3.8) is 0 Å². The maximum atomic E-state index is 5.22. The van der Waals surface area contributed by atoms with Crippen LogP contribution >= 0.6 is 0 Å². The van der Waals surface area contributed by atoms with Crippen LogP contribution in [0.25, 0.3) is 65.7 Å². The highest BCUT2D eigenvalue weighted by molar-refractivity contribution is 6.13. The summed E-state index contributed by atoms with van der Waals surface area (Å²) < 4.78 is 0. The van der Waals surface area contributed by atoms with E-state index in [0.29, 0.717) is 11.8 Å². The summed E-state index contributed by atoms with van der Waals surface area (Å²) in [5.74, 6) is 1.01. The molecule has 2 aromatic heterocycles. The molecule has 3 heteroatoms. The van der Waals surface area contributed by atoms with Crippen LogP contribution in [-0.2, 0) is 6.42 Å². The Morgan fingerprint density at radius 2 is 1.36 bits per heavy atom. The van der Waals surface area contributed by atoms with Crippen molar-refractivity contribution in [1.29, 1.82) is 0 Å². The molecule has 0 bridgehead atoms. The van der Waals surface area contributed by atoms with Gasteiger partial charge in [0.2, 0.25) is 0 Å². The highest BCUT2D eigenvalue weighted by Crippen LogP contribution is 2.45. The zero-order valence-corrected chi connectivity index (χ0v) is 25.1. The van der Waals surface area contributed by atoms with E-state index in [0.717, 1.165) is 46.3 Å². The summed E-state index contributed by atoms with van der Waals surface area (Å²) in [4.78, 5) is 5.22. The van der Waals surface area contributed by atoms with Crippen LogP contribution < -0.4 is 0 Å². The van der Waals surface area contributed by atoms with Gasteiger partial charge in [-0.05, 0) is 91.4 Å². The molecule has 0 amide bonds. The predicted octanol–water partition coefficient (Wildman–Crippen LogP) is 10.5. The Morgan fingerprint density at radius 1 is 0.578 bits per heavy atom. The number of fused-ring (bicyclic) bond motifs is 7. The van der Waals surface area contributed by atoms with E-state index in [2.05, 4.69) is 132 Å². The van der Waals surface area contributed by atoms with Crippen molar-refractivity contribution in [3.8, 4) is 22.6 Å². The zero-order valence-electron chi connectivity index (χ0n) is 25.1. The second-order valence-corrected chi connectivity index (χ2v) is 12.6. The van der Waals surface area contributed by atoms with Gasteiger partial charge in [0.15, 0.2) is 0 Å². The number of hydrogen-bond donors (Lipinski definition) is 0. The Bertz CT molecular complexity index is 2410. The molecule has 45 heavy (non-hydrogen) atoms. The van der Waals surface area contributed by atoms with Crippen molar-refractivity contribution in [3.05, 3.63) is 150 Å². The van der Waals surface area contributed by atoms with Crippen molar-refractivity contribution in [1.82, 2.24) is 15.2 Å². The molecule has 8 aromatic rings. The van der Waals surface area contributed by atoms with Gasteiger partial charge < -0.3 is 0 Å². The third-order valence-electron chi connectivity index (χ3n) is 9.75. The van der Waals surface area contributed by atoms with Crippen LogP contribution in [0.15, 0.2) is 134 Å². The van der Waals surface area contributed by atoms with Crippen LogP contribution in [0.2, 0.25) is 0 Å². The predicted molar refractivity (Wildman–Crippen MR) is 186 cm³/mol. The van der Waals surface area contributed by atoms with E-state index < -0.39 is 0 Å². The highest BCUT2D eigenvalue weighted by Gasteiger charge is 2.28. The summed E-state index contributed by atoms with van der Waals surface area (Å²) in [6.07, 6.45) is 3.99. The van der Waals surface area contributed by atoms with Crippen molar-refractivity contribution in [2.24, 2.45) is 5.92 Å². The summed E-state index contributed by atoms with van der Waals surface area (Å²) in [7, 11) is 0. The van der Waals surface area contributed by atoms with Crippen molar-refractivity contribution < 1.29 is 0 Å². The first-order valence-electron chi connectivity index (χ1n) is 15.9. The molecule has 0 N–H and O–H groups in total. The lowest BCUT2D eigenvalue weighted by Gasteiger charge is -2.32. The van der Waals surface area contributed by atoms with Crippen LogP contribution in [0.3, 0.4) is 0 Å². The molecule has 0 fully saturated rings. The first-order chi connectivity index (χ1) is 22.2. The molecule has 6 aromatic carbocycles. The van der Waals surface area contributed by atoms with E-state index in [1.807, 2.05) is 12.1 Å². The molecule has 0 aliphatic heterocycles. The Morgan fingerprint density at radius 3 is 2.24 bits per heavy atom. The lowest BCUT2D eigenvalue weighted by atomic mass is 9.72. The van der Waals surface area contributed by atoms with Gasteiger partial charge in [0.05, 0.1) is 11.4 Å². The topological polar surface area (TPSA) is 38.7 Å². The molecule has 2 heterocycles. The molecule has 9 rings (SSSR count). The molecular weight excluding hydrogens is 546 g/mol. The quantitative estimate of drug-likeness (QED) is 0.196. The standard InChI is InChI=1S/C42H31N3/c1-26-22-31-17-18-35-33-12-6-13-36(40-25-29-10-4-5-11-32(29)42(44-40)39-14-7-21-43-45-39)34(33)19-20-37(35)41(31)38(23-26)30-16-15-27-8-2-3-9-28(27)24-30/h2-21,24-26,38H,22-23H2,1H3. The Hall–Kier alpha value is -5.41. The summed E-state index contributed by atoms with van der Waals surface area (Å²) >= 11 is 0. The minimum Gasteiger partial charge on any atom is -0.245 e. The number of aromatic nitrogens is 3. The highest BCUT2D eigenvalue weighted by atomic mass is 15.1. The lowest BCUT2D eigenvalue weighted by molar-refractivity contribution is 0.467. The van der Waals surface area contributed by atoms with Crippen LogP contribution in [0.4, 0.5) is 0 Å². The molecule has 214 valence electrons. The van der Waals surface area contributed by atoms with Gasteiger partial charge in [0.1, 0.15) is 5.69 Å². The summed E-state index contributed by atoms with van der Waals surface area (Å²) in [5.41, 5.74) is 8.11. The minimum absolute atomic E-state index is 0.370. The molecular formula is C42H31N3. The molecule has 0 spiro atoms. The van der Waals surface area contributed by atoms with Gasteiger partial charge in [-0.2, -0.15) is 5.10 Å². The van der Waals surface area contributed by atoms with E-state index in [4.69, 9.17) is 4.98 Å². The Kier molecular flexibility index (Phi) is 5.99. The van der Waals surface area contributed by atoms with Crippen LogP contribution in [0, 0.1) is 5.92 Å². The van der Waals surface area contributed by atoms with Gasteiger partial charge in [0, 0.05) is 23.1 Å². The van der Waals surface area contributed by atoms with Crippen molar-refractivity contribution in [2.75, 3.05) is 0 Å². The van der Waals surface area contributed by atoms with E-state index in [1.54, 1.807) is 6.20 Å². The molecule has 0 saturated heterocycles. The molecule has 3 nitrogen and oxygen atoms in total. The van der Waals surface area contributed by atoms with E-state index in [1.165, 1.54) is 49.0 Å². The maximum Gasteiger partial charge on any atom is 0.112 e.